The van der Waals surface area contributed by atoms with Crippen LogP contribution in [0.2, 0.25) is 0 Å². The number of thiocarbonyl (C=S) groups is 1. The second-order valence-corrected chi connectivity index (χ2v) is 3.24. The highest BCUT2D eigenvalue weighted by Gasteiger charge is 2.10. The lowest BCUT2D eigenvalue weighted by atomic mass is 10.4. The summed E-state index contributed by atoms with van der Waals surface area (Å²) in [5.41, 5.74) is 0. The van der Waals surface area contributed by atoms with Gasteiger partial charge in [0.05, 0.1) is 6.61 Å². The summed E-state index contributed by atoms with van der Waals surface area (Å²) in [5, 5.41) is 2.84. The van der Waals surface area contributed by atoms with Crippen LogP contribution >= 0.6 is 12.2 Å². The van der Waals surface area contributed by atoms with Gasteiger partial charge in [-0.15, -0.1) is 0 Å². The number of hydrogen-bond donors (Lipinski definition) is 1. The molecule has 0 aromatic heterocycles. The van der Waals surface area contributed by atoms with Gasteiger partial charge in [-0.25, -0.2) is 4.79 Å². The minimum Gasteiger partial charge on any atom is -0.450 e. The number of carbonyl (C=O) groups excluding carboxylic acids is 1. The molecule has 0 aliphatic heterocycles. The first-order chi connectivity index (χ1) is 5.99. The minimum absolute atomic E-state index is 0.259. The number of amides is 1. The SMILES string of the molecule is CCOC(=O)NC(=S)N(C)C(C)C. The number of ether oxygens (including phenoxy) is 1. The summed E-state index contributed by atoms with van der Waals surface area (Å²) in [6.07, 6.45) is -0.500. The molecule has 0 atom stereocenters. The average molecular weight is 204 g/mol. The Morgan fingerprint density at radius 2 is 2.15 bits per heavy atom. The summed E-state index contributed by atoms with van der Waals surface area (Å²) in [7, 11) is 1.82. The first-order valence-electron chi connectivity index (χ1n) is 4.19. The van der Waals surface area contributed by atoms with Crippen LogP contribution in [0.3, 0.4) is 0 Å². The third kappa shape index (κ3) is 4.67. The van der Waals surface area contributed by atoms with Gasteiger partial charge >= 0.3 is 6.09 Å². The van der Waals surface area contributed by atoms with Gasteiger partial charge in [-0.05, 0) is 33.0 Å². The van der Waals surface area contributed by atoms with E-state index >= 15 is 0 Å². The maximum Gasteiger partial charge on any atom is 0.413 e. The molecule has 0 aliphatic carbocycles. The zero-order valence-electron chi connectivity index (χ0n) is 8.46. The molecule has 76 valence electrons. The van der Waals surface area contributed by atoms with Crippen molar-refractivity contribution in [3.63, 3.8) is 0 Å². The Kier molecular flexibility index (Phi) is 5.37. The summed E-state index contributed by atoms with van der Waals surface area (Å²) in [4.78, 5) is 12.7. The second kappa shape index (κ2) is 5.75. The maximum absolute atomic E-state index is 10.9. The Bertz CT molecular complexity index is 195. The van der Waals surface area contributed by atoms with E-state index in [0.717, 1.165) is 0 Å². The van der Waals surface area contributed by atoms with Crippen LogP contribution in [0.4, 0.5) is 4.79 Å². The van der Waals surface area contributed by atoms with Gasteiger partial charge in [0.1, 0.15) is 0 Å². The molecule has 0 saturated heterocycles. The monoisotopic (exact) mass is 204 g/mol. The summed E-state index contributed by atoms with van der Waals surface area (Å²) in [6, 6.07) is 0.259. The molecule has 0 unspecified atom stereocenters. The molecule has 0 heterocycles. The smallest absolute Gasteiger partial charge is 0.413 e. The van der Waals surface area contributed by atoms with Crippen molar-refractivity contribution < 1.29 is 9.53 Å². The van der Waals surface area contributed by atoms with Crippen molar-refractivity contribution in [2.24, 2.45) is 0 Å². The maximum atomic E-state index is 10.9. The first kappa shape index (κ1) is 12.2. The van der Waals surface area contributed by atoms with E-state index < -0.39 is 6.09 Å². The summed E-state index contributed by atoms with van der Waals surface area (Å²) in [5.74, 6) is 0. The highest BCUT2D eigenvalue weighted by Crippen LogP contribution is 1.94. The Balaban J connectivity index is 3.93. The average Bonchev–Trinajstić information content (AvgIpc) is 2.03. The van der Waals surface area contributed by atoms with Crippen LogP contribution in [0.15, 0.2) is 0 Å². The quantitative estimate of drug-likeness (QED) is 0.690. The number of carbonyl (C=O) groups is 1. The topological polar surface area (TPSA) is 41.6 Å². The molecule has 0 radical (unpaired) electrons. The molecule has 0 bridgehead atoms. The third-order valence-corrected chi connectivity index (χ3v) is 1.97. The zero-order chi connectivity index (χ0) is 10.4. The molecule has 0 aromatic carbocycles. The van der Waals surface area contributed by atoms with Crippen molar-refractivity contribution in [3.05, 3.63) is 0 Å². The van der Waals surface area contributed by atoms with Crippen molar-refractivity contribution >= 4 is 23.4 Å². The van der Waals surface area contributed by atoms with E-state index in [4.69, 9.17) is 12.2 Å². The van der Waals surface area contributed by atoms with E-state index in [1.807, 2.05) is 20.9 Å². The van der Waals surface area contributed by atoms with E-state index in [9.17, 15) is 4.79 Å². The number of nitrogens with one attached hydrogen (secondary N) is 1. The molecule has 0 aliphatic rings. The number of rotatable bonds is 2. The van der Waals surface area contributed by atoms with Gasteiger partial charge in [0, 0.05) is 13.1 Å². The van der Waals surface area contributed by atoms with E-state index in [0.29, 0.717) is 11.7 Å². The van der Waals surface area contributed by atoms with Crippen LogP contribution in [0, 0.1) is 0 Å². The van der Waals surface area contributed by atoms with Gasteiger partial charge < -0.3 is 9.64 Å². The van der Waals surface area contributed by atoms with Crippen LogP contribution in [-0.2, 0) is 4.74 Å². The molecule has 0 saturated carbocycles. The Morgan fingerprint density at radius 3 is 2.54 bits per heavy atom. The third-order valence-electron chi connectivity index (χ3n) is 1.58. The highest BCUT2D eigenvalue weighted by molar-refractivity contribution is 7.80. The minimum atomic E-state index is -0.500. The Hall–Kier alpha value is -0.840. The number of nitrogens with zero attached hydrogens (tertiary/aromatic N) is 1. The molecule has 0 rings (SSSR count). The summed E-state index contributed by atoms with van der Waals surface area (Å²) >= 11 is 4.96. The molecule has 0 fully saturated rings. The van der Waals surface area contributed by atoms with E-state index in [2.05, 4.69) is 10.1 Å². The van der Waals surface area contributed by atoms with Gasteiger partial charge in [-0.2, -0.15) is 0 Å². The molecular formula is C8H16N2O2S. The fourth-order valence-corrected chi connectivity index (χ4v) is 0.871. The van der Waals surface area contributed by atoms with Gasteiger partial charge in [-0.1, -0.05) is 0 Å². The van der Waals surface area contributed by atoms with Crippen molar-refractivity contribution in [1.29, 1.82) is 0 Å². The van der Waals surface area contributed by atoms with Gasteiger partial charge in [-0.3, -0.25) is 5.32 Å². The predicted molar refractivity (Wildman–Crippen MR) is 55.7 cm³/mol. The molecule has 13 heavy (non-hydrogen) atoms. The van der Waals surface area contributed by atoms with Crippen LogP contribution < -0.4 is 5.32 Å². The van der Waals surface area contributed by atoms with Gasteiger partial charge in [0.15, 0.2) is 5.11 Å². The lowest BCUT2D eigenvalue weighted by Gasteiger charge is -2.23. The highest BCUT2D eigenvalue weighted by atomic mass is 32.1. The number of alkyl carbamates (subject to hydrolysis) is 1. The number of hydrogen-bond acceptors (Lipinski definition) is 3. The Labute approximate surface area is 84.2 Å². The lowest BCUT2D eigenvalue weighted by Crippen LogP contribution is -2.43. The second-order valence-electron chi connectivity index (χ2n) is 2.86. The lowest BCUT2D eigenvalue weighted by molar-refractivity contribution is 0.156. The van der Waals surface area contributed by atoms with Gasteiger partial charge in [0.2, 0.25) is 0 Å². The van der Waals surface area contributed by atoms with Crippen LogP contribution in [-0.4, -0.2) is 35.8 Å². The fraction of sp³-hybridized carbons (Fsp3) is 0.750. The van der Waals surface area contributed by atoms with E-state index in [-0.39, 0.29) is 6.04 Å². The van der Waals surface area contributed by atoms with Crippen LogP contribution in [0.5, 0.6) is 0 Å². The van der Waals surface area contributed by atoms with Crippen LogP contribution in [0.25, 0.3) is 0 Å². The first-order valence-corrected chi connectivity index (χ1v) is 4.60. The van der Waals surface area contributed by atoms with Crippen molar-refractivity contribution in [2.45, 2.75) is 26.8 Å². The molecule has 4 nitrogen and oxygen atoms in total. The van der Waals surface area contributed by atoms with Crippen molar-refractivity contribution in [1.82, 2.24) is 10.2 Å². The largest absolute Gasteiger partial charge is 0.450 e. The Morgan fingerprint density at radius 1 is 1.62 bits per heavy atom. The van der Waals surface area contributed by atoms with Gasteiger partial charge in [0.25, 0.3) is 0 Å². The molecule has 5 heteroatoms. The molecule has 1 N–H and O–H groups in total. The standard InChI is InChI=1S/C8H16N2O2S/c1-5-12-8(11)9-7(13)10(4)6(2)3/h6H,5H2,1-4H3,(H,9,11,13). The van der Waals surface area contributed by atoms with E-state index in [1.165, 1.54) is 0 Å². The van der Waals surface area contributed by atoms with Crippen molar-refractivity contribution in [3.8, 4) is 0 Å². The summed E-state index contributed by atoms with van der Waals surface area (Å²) < 4.78 is 4.68. The molecule has 0 aromatic rings. The fourth-order valence-electron chi connectivity index (χ4n) is 0.577. The molecule has 0 spiro atoms. The van der Waals surface area contributed by atoms with E-state index in [1.54, 1.807) is 11.8 Å². The molecular weight excluding hydrogens is 188 g/mol. The summed E-state index contributed by atoms with van der Waals surface area (Å²) in [6.45, 7) is 6.06. The predicted octanol–water partition coefficient (Wildman–Crippen LogP) is 1.36. The molecule has 1 amide bonds. The van der Waals surface area contributed by atoms with Crippen LogP contribution in [0.1, 0.15) is 20.8 Å². The van der Waals surface area contributed by atoms with Crippen molar-refractivity contribution in [2.75, 3.05) is 13.7 Å². The zero-order valence-corrected chi connectivity index (χ0v) is 9.27. The normalized spacial score (nSPS) is 9.62.